The average Bonchev–Trinajstić information content (AvgIpc) is 2.36. The van der Waals surface area contributed by atoms with Gasteiger partial charge in [0.1, 0.15) is 6.10 Å². The molecular weight excluding hydrogens is 256 g/mol. The third-order valence-corrected chi connectivity index (χ3v) is 3.82. The fourth-order valence-corrected chi connectivity index (χ4v) is 2.58. The van der Waals surface area contributed by atoms with Crippen molar-refractivity contribution in [2.24, 2.45) is 11.3 Å². The lowest BCUT2D eigenvalue weighted by Crippen LogP contribution is -2.30. The molecule has 1 rings (SSSR count). The molecule has 1 aliphatic rings. The van der Waals surface area contributed by atoms with E-state index in [0.717, 1.165) is 37.8 Å². The first-order valence-electron chi connectivity index (χ1n) is 7.38. The zero-order valence-corrected chi connectivity index (χ0v) is 13.0. The molecule has 0 aromatic carbocycles. The Bertz CT molecular complexity index is 357. The summed E-state index contributed by atoms with van der Waals surface area (Å²) in [6.07, 6.45) is 6.22. The summed E-state index contributed by atoms with van der Waals surface area (Å²) >= 11 is 0. The summed E-state index contributed by atoms with van der Waals surface area (Å²) in [4.78, 5) is 22.7. The van der Waals surface area contributed by atoms with Gasteiger partial charge < -0.3 is 9.47 Å². The molecule has 0 aromatic heterocycles. The van der Waals surface area contributed by atoms with Crippen molar-refractivity contribution in [2.75, 3.05) is 6.61 Å². The number of carbonyl (C=O) groups excluding carboxylic acids is 2. The number of ether oxygens (including phenoxy) is 2. The Morgan fingerprint density at radius 3 is 2.10 bits per heavy atom. The van der Waals surface area contributed by atoms with E-state index in [1.807, 2.05) is 0 Å². The van der Waals surface area contributed by atoms with Gasteiger partial charge in [0.2, 0.25) is 0 Å². The summed E-state index contributed by atoms with van der Waals surface area (Å²) in [5, 5.41) is 0. The van der Waals surface area contributed by atoms with Gasteiger partial charge in [-0.15, -0.1) is 0 Å². The number of rotatable bonds is 4. The standard InChI is InChI=1S/C16H26O4/c1-5-19-14(17)10-11-15(18)20-13-8-6-12(7-9-13)16(2,3)4/h10-13H,5-9H2,1-4H3/b11-10+. The van der Waals surface area contributed by atoms with E-state index < -0.39 is 11.9 Å². The minimum atomic E-state index is -0.513. The van der Waals surface area contributed by atoms with Crippen LogP contribution in [-0.4, -0.2) is 24.6 Å². The van der Waals surface area contributed by atoms with E-state index in [9.17, 15) is 9.59 Å². The highest BCUT2D eigenvalue weighted by molar-refractivity contribution is 5.91. The van der Waals surface area contributed by atoms with Crippen LogP contribution in [0.4, 0.5) is 0 Å². The van der Waals surface area contributed by atoms with Crippen LogP contribution in [0.5, 0.6) is 0 Å². The van der Waals surface area contributed by atoms with Crippen LogP contribution in [0.2, 0.25) is 0 Å². The van der Waals surface area contributed by atoms with Crippen molar-refractivity contribution in [1.29, 1.82) is 0 Å². The quantitative estimate of drug-likeness (QED) is 0.586. The van der Waals surface area contributed by atoms with Gasteiger partial charge in [-0.1, -0.05) is 20.8 Å². The molecule has 1 saturated carbocycles. The monoisotopic (exact) mass is 282 g/mol. The summed E-state index contributed by atoms with van der Waals surface area (Å²) < 4.78 is 10.0. The van der Waals surface area contributed by atoms with Gasteiger partial charge in [-0.25, -0.2) is 9.59 Å². The smallest absolute Gasteiger partial charge is 0.331 e. The molecule has 114 valence electrons. The van der Waals surface area contributed by atoms with E-state index in [0.29, 0.717) is 17.9 Å². The molecule has 0 spiro atoms. The van der Waals surface area contributed by atoms with Crippen molar-refractivity contribution in [3.8, 4) is 0 Å². The van der Waals surface area contributed by atoms with Crippen molar-refractivity contribution in [3.63, 3.8) is 0 Å². The van der Waals surface area contributed by atoms with Gasteiger partial charge >= 0.3 is 11.9 Å². The lowest BCUT2D eigenvalue weighted by Gasteiger charge is -2.36. The van der Waals surface area contributed by atoms with Gasteiger partial charge in [-0.05, 0) is 43.9 Å². The average molecular weight is 282 g/mol. The normalized spacial score (nSPS) is 23.6. The molecule has 0 unspecified atom stereocenters. The predicted molar refractivity (Wildman–Crippen MR) is 77.1 cm³/mol. The van der Waals surface area contributed by atoms with E-state index in [-0.39, 0.29) is 6.10 Å². The molecule has 0 saturated heterocycles. The SMILES string of the molecule is CCOC(=O)/C=C/C(=O)OC1CCC(C(C)(C)C)CC1. The number of esters is 2. The van der Waals surface area contributed by atoms with Crippen LogP contribution in [0.3, 0.4) is 0 Å². The molecule has 1 aliphatic carbocycles. The van der Waals surface area contributed by atoms with E-state index in [1.54, 1.807) is 6.92 Å². The fraction of sp³-hybridized carbons (Fsp3) is 0.750. The third kappa shape index (κ3) is 5.76. The van der Waals surface area contributed by atoms with Crippen molar-refractivity contribution in [1.82, 2.24) is 0 Å². The summed E-state index contributed by atoms with van der Waals surface area (Å²) in [6, 6.07) is 0. The molecule has 0 N–H and O–H groups in total. The van der Waals surface area contributed by atoms with Crippen molar-refractivity contribution in [3.05, 3.63) is 12.2 Å². The van der Waals surface area contributed by atoms with Gasteiger partial charge in [0.25, 0.3) is 0 Å². The van der Waals surface area contributed by atoms with Gasteiger partial charge in [-0.3, -0.25) is 0 Å². The van der Waals surface area contributed by atoms with Gasteiger partial charge in [-0.2, -0.15) is 0 Å². The maximum Gasteiger partial charge on any atom is 0.331 e. The van der Waals surface area contributed by atoms with E-state index >= 15 is 0 Å². The molecule has 0 aromatic rings. The van der Waals surface area contributed by atoms with E-state index in [1.165, 1.54) is 0 Å². The van der Waals surface area contributed by atoms with Crippen molar-refractivity contribution >= 4 is 11.9 Å². The third-order valence-electron chi connectivity index (χ3n) is 3.82. The Morgan fingerprint density at radius 1 is 1.05 bits per heavy atom. The van der Waals surface area contributed by atoms with Crippen LogP contribution in [0.15, 0.2) is 12.2 Å². The minimum absolute atomic E-state index is 0.0204. The summed E-state index contributed by atoms with van der Waals surface area (Å²) in [5.41, 5.74) is 0.318. The summed E-state index contributed by atoms with van der Waals surface area (Å²) in [7, 11) is 0. The molecule has 0 atom stereocenters. The highest BCUT2D eigenvalue weighted by Crippen LogP contribution is 2.38. The second-order valence-corrected chi connectivity index (χ2v) is 6.36. The van der Waals surface area contributed by atoms with Crippen molar-refractivity contribution in [2.45, 2.75) is 59.5 Å². The van der Waals surface area contributed by atoms with Crippen LogP contribution in [-0.2, 0) is 19.1 Å². The van der Waals surface area contributed by atoms with Crippen molar-refractivity contribution < 1.29 is 19.1 Å². The minimum Gasteiger partial charge on any atom is -0.463 e. The van der Waals surface area contributed by atoms with Crippen LogP contribution < -0.4 is 0 Å². The van der Waals surface area contributed by atoms with Crippen LogP contribution in [0.25, 0.3) is 0 Å². The number of hydrogen-bond acceptors (Lipinski definition) is 4. The molecule has 0 bridgehead atoms. The molecule has 4 heteroatoms. The maximum absolute atomic E-state index is 11.6. The first kappa shape index (κ1) is 16.7. The molecule has 4 nitrogen and oxygen atoms in total. The second kappa shape index (κ2) is 7.46. The zero-order chi connectivity index (χ0) is 15.2. The first-order valence-corrected chi connectivity index (χ1v) is 7.38. The van der Waals surface area contributed by atoms with Gasteiger partial charge in [0.15, 0.2) is 0 Å². The Balaban J connectivity index is 2.33. The highest BCUT2D eigenvalue weighted by atomic mass is 16.5. The van der Waals surface area contributed by atoms with Crippen LogP contribution >= 0.6 is 0 Å². The predicted octanol–water partition coefficient (Wildman–Crippen LogP) is 3.25. The van der Waals surface area contributed by atoms with Gasteiger partial charge in [0.05, 0.1) is 6.61 Å². The van der Waals surface area contributed by atoms with E-state index in [2.05, 4.69) is 20.8 Å². The Kier molecular flexibility index (Phi) is 6.24. The van der Waals surface area contributed by atoms with E-state index in [4.69, 9.17) is 9.47 Å². The number of hydrogen-bond donors (Lipinski definition) is 0. The lowest BCUT2D eigenvalue weighted by molar-refractivity contribution is -0.146. The highest BCUT2D eigenvalue weighted by Gasteiger charge is 2.30. The summed E-state index contributed by atoms with van der Waals surface area (Å²) in [6.45, 7) is 8.79. The Hall–Kier alpha value is -1.32. The summed E-state index contributed by atoms with van der Waals surface area (Å²) in [5.74, 6) is -0.286. The Morgan fingerprint density at radius 2 is 1.60 bits per heavy atom. The molecule has 1 fully saturated rings. The number of carbonyl (C=O) groups is 2. The van der Waals surface area contributed by atoms with Crippen LogP contribution in [0, 0.1) is 11.3 Å². The maximum atomic E-state index is 11.6. The Labute approximate surface area is 121 Å². The molecular formula is C16H26O4. The largest absolute Gasteiger partial charge is 0.463 e. The molecule has 0 radical (unpaired) electrons. The van der Waals surface area contributed by atoms with Gasteiger partial charge in [0, 0.05) is 12.2 Å². The molecule has 0 heterocycles. The van der Waals surface area contributed by atoms with Crippen LogP contribution in [0.1, 0.15) is 53.4 Å². The topological polar surface area (TPSA) is 52.6 Å². The molecule has 0 aliphatic heterocycles. The molecule has 0 amide bonds. The first-order chi connectivity index (χ1) is 9.32. The fourth-order valence-electron chi connectivity index (χ4n) is 2.58. The lowest BCUT2D eigenvalue weighted by atomic mass is 9.72. The zero-order valence-electron chi connectivity index (χ0n) is 13.0. The second-order valence-electron chi connectivity index (χ2n) is 6.36. The molecule has 20 heavy (non-hydrogen) atoms.